The summed E-state index contributed by atoms with van der Waals surface area (Å²) in [5.41, 5.74) is 9.73. The van der Waals surface area contributed by atoms with Gasteiger partial charge in [-0.05, 0) is 31.7 Å². The molecule has 3 nitrogen and oxygen atoms in total. The van der Waals surface area contributed by atoms with E-state index in [0.717, 1.165) is 18.0 Å². The average Bonchev–Trinajstić information content (AvgIpc) is 2.90. The molecule has 1 atom stereocenters. The first kappa shape index (κ1) is 9.71. The predicted octanol–water partition coefficient (Wildman–Crippen LogP) is 1.84. The number of aryl methyl sites for hydroxylation is 1. The Balaban J connectivity index is 2.17. The van der Waals surface area contributed by atoms with Gasteiger partial charge < -0.3 is 5.73 Å². The summed E-state index contributed by atoms with van der Waals surface area (Å²) in [6.07, 6.45) is 3.83. The van der Waals surface area contributed by atoms with Crippen molar-refractivity contribution >= 4 is 0 Å². The van der Waals surface area contributed by atoms with Crippen molar-refractivity contribution in [1.29, 1.82) is 0 Å². The summed E-state index contributed by atoms with van der Waals surface area (Å²) in [6.45, 7) is 4.21. The largest absolute Gasteiger partial charge is 0.323 e. The molecule has 0 aliphatic heterocycles. The van der Waals surface area contributed by atoms with Crippen molar-refractivity contribution in [3.8, 4) is 0 Å². The maximum Gasteiger partial charge on any atom is 0.0823 e. The number of rotatable bonds is 3. The highest BCUT2D eigenvalue weighted by atomic mass is 15.3. The molecule has 0 saturated heterocycles. The van der Waals surface area contributed by atoms with Gasteiger partial charge >= 0.3 is 0 Å². The summed E-state index contributed by atoms with van der Waals surface area (Å²) in [7, 11) is 1.98. The van der Waals surface area contributed by atoms with Gasteiger partial charge in [-0.15, -0.1) is 0 Å². The van der Waals surface area contributed by atoms with E-state index in [1.54, 1.807) is 0 Å². The Morgan fingerprint density at radius 2 is 2.14 bits per heavy atom. The number of hydrogen-bond donors (Lipinski definition) is 1. The average molecular weight is 193 g/mol. The van der Waals surface area contributed by atoms with Gasteiger partial charge in [0.2, 0.25) is 0 Å². The molecule has 0 radical (unpaired) electrons. The molecule has 1 saturated carbocycles. The first-order chi connectivity index (χ1) is 6.59. The molecule has 3 heteroatoms. The lowest BCUT2D eigenvalue weighted by Gasteiger charge is -2.08. The number of nitrogens with zero attached hydrogens (tertiary/aromatic N) is 2. The monoisotopic (exact) mass is 193 g/mol. The molecule has 0 amide bonds. The van der Waals surface area contributed by atoms with Crippen molar-refractivity contribution in [2.75, 3.05) is 0 Å². The minimum atomic E-state index is 0.141. The van der Waals surface area contributed by atoms with E-state index in [9.17, 15) is 0 Å². The van der Waals surface area contributed by atoms with Gasteiger partial charge in [0, 0.05) is 18.8 Å². The molecule has 0 aromatic carbocycles. The van der Waals surface area contributed by atoms with E-state index in [-0.39, 0.29) is 6.04 Å². The van der Waals surface area contributed by atoms with Gasteiger partial charge in [0.25, 0.3) is 0 Å². The minimum absolute atomic E-state index is 0.141. The first-order valence-corrected chi connectivity index (χ1v) is 5.35. The van der Waals surface area contributed by atoms with Crippen LogP contribution in [0, 0.1) is 19.8 Å². The fraction of sp³-hybridized carbons (Fsp3) is 0.727. The Labute approximate surface area is 85.3 Å². The van der Waals surface area contributed by atoms with Crippen molar-refractivity contribution in [1.82, 2.24) is 9.78 Å². The molecule has 14 heavy (non-hydrogen) atoms. The standard InChI is InChI=1S/C11H19N3/c1-7-8(2)14(3)13-11(7)10(12)6-9-4-5-9/h9-10H,4-6,12H2,1-3H3. The number of hydrogen-bond acceptors (Lipinski definition) is 2. The van der Waals surface area contributed by atoms with Crippen LogP contribution in [-0.2, 0) is 7.05 Å². The van der Waals surface area contributed by atoms with Crippen LogP contribution in [0.5, 0.6) is 0 Å². The molecule has 0 spiro atoms. The fourth-order valence-electron chi connectivity index (χ4n) is 1.92. The molecule has 1 aliphatic carbocycles. The minimum Gasteiger partial charge on any atom is -0.323 e. The lowest BCUT2D eigenvalue weighted by Crippen LogP contribution is -2.13. The second-order valence-corrected chi connectivity index (χ2v) is 4.50. The van der Waals surface area contributed by atoms with E-state index < -0.39 is 0 Å². The summed E-state index contributed by atoms with van der Waals surface area (Å²) in [4.78, 5) is 0. The quantitative estimate of drug-likeness (QED) is 0.796. The van der Waals surface area contributed by atoms with Gasteiger partial charge in [0.05, 0.1) is 5.69 Å². The highest BCUT2D eigenvalue weighted by molar-refractivity contribution is 5.26. The van der Waals surface area contributed by atoms with Crippen LogP contribution in [-0.4, -0.2) is 9.78 Å². The molecule has 1 fully saturated rings. The third-order valence-corrected chi connectivity index (χ3v) is 3.31. The molecular formula is C11H19N3. The smallest absolute Gasteiger partial charge is 0.0823 e. The van der Waals surface area contributed by atoms with Crippen LogP contribution >= 0.6 is 0 Å². The maximum atomic E-state index is 6.14. The second kappa shape index (κ2) is 3.39. The van der Waals surface area contributed by atoms with E-state index in [1.807, 2.05) is 11.7 Å². The van der Waals surface area contributed by atoms with Crippen LogP contribution < -0.4 is 5.73 Å². The van der Waals surface area contributed by atoms with Crippen LogP contribution in [0.25, 0.3) is 0 Å². The van der Waals surface area contributed by atoms with E-state index >= 15 is 0 Å². The Morgan fingerprint density at radius 1 is 1.50 bits per heavy atom. The molecule has 1 aliphatic rings. The second-order valence-electron chi connectivity index (χ2n) is 4.50. The zero-order valence-corrected chi connectivity index (χ0v) is 9.25. The lowest BCUT2D eigenvalue weighted by molar-refractivity contribution is 0.569. The fourth-order valence-corrected chi connectivity index (χ4v) is 1.92. The zero-order chi connectivity index (χ0) is 10.3. The molecular weight excluding hydrogens is 174 g/mol. The van der Waals surface area contributed by atoms with Gasteiger partial charge in [-0.25, -0.2) is 0 Å². The molecule has 1 aromatic heterocycles. The maximum absolute atomic E-state index is 6.14. The van der Waals surface area contributed by atoms with E-state index in [0.29, 0.717) is 0 Å². The van der Waals surface area contributed by atoms with Crippen LogP contribution in [0.1, 0.15) is 42.3 Å². The van der Waals surface area contributed by atoms with Crippen LogP contribution in [0.4, 0.5) is 0 Å². The topological polar surface area (TPSA) is 43.8 Å². The third kappa shape index (κ3) is 1.69. The number of nitrogens with two attached hydrogens (primary N) is 1. The Morgan fingerprint density at radius 3 is 2.57 bits per heavy atom. The predicted molar refractivity (Wildman–Crippen MR) is 57.0 cm³/mol. The Hall–Kier alpha value is -0.830. The van der Waals surface area contributed by atoms with E-state index in [1.165, 1.54) is 24.1 Å². The van der Waals surface area contributed by atoms with Crippen molar-refractivity contribution in [2.45, 2.75) is 39.2 Å². The summed E-state index contributed by atoms with van der Waals surface area (Å²) >= 11 is 0. The summed E-state index contributed by atoms with van der Waals surface area (Å²) in [5.74, 6) is 0.867. The van der Waals surface area contributed by atoms with Gasteiger partial charge in [0.1, 0.15) is 0 Å². The number of aromatic nitrogens is 2. The molecule has 1 unspecified atom stereocenters. The molecule has 2 N–H and O–H groups in total. The van der Waals surface area contributed by atoms with Gasteiger partial charge in [-0.3, -0.25) is 4.68 Å². The van der Waals surface area contributed by atoms with Gasteiger partial charge in [0.15, 0.2) is 0 Å². The third-order valence-electron chi connectivity index (χ3n) is 3.31. The summed E-state index contributed by atoms with van der Waals surface area (Å²) < 4.78 is 1.93. The highest BCUT2D eigenvalue weighted by Gasteiger charge is 2.26. The van der Waals surface area contributed by atoms with Crippen LogP contribution in [0.2, 0.25) is 0 Å². The van der Waals surface area contributed by atoms with Gasteiger partial charge in [-0.2, -0.15) is 5.10 Å². The van der Waals surface area contributed by atoms with Crippen molar-refractivity contribution in [3.63, 3.8) is 0 Å². The lowest BCUT2D eigenvalue weighted by atomic mass is 10.0. The highest BCUT2D eigenvalue weighted by Crippen LogP contribution is 2.37. The Kier molecular flexibility index (Phi) is 2.35. The van der Waals surface area contributed by atoms with Gasteiger partial charge in [-0.1, -0.05) is 12.8 Å². The first-order valence-electron chi connectivity index (χ1n) is 5.35. The molecule has 78 valence electrons. The van der Waals surface area contributed by atoms with Crippen LogP contribution in [0.15, 0.2) is 0 Å². The SMILES string of the molecule is Cc1c(C(N)CC2CC2)nn(C)c1C. The Bertz CT molecular complexity index is 337. The normalized spacial score (nSPS) is 18.6. The van der Waals surface area contributed by atoms with Crippen molar-refractivity contribution < 1.29 is 0 Å². The van der Waals surface area contributed by atoms with E-state index in [2.05, 4.69) is 18.9 Å². The van der Waals surface area contributed by atoms with E-state index in [4.69, 9.17) is 5.73 Å². The van der Waals surface area contributed by atoms with Crippen LogP contribution in [0.3, 0.4) is 0 Å². The molecule has 1 heterocycles. The van der Waals surface area contributed by atoms with Crippen molar-refractivity contribution in [3.05, 3.63) is 17.0 Å². The summed E-state index contributed by atoms with van der Waals surface area (Å²) in [6, 6.07) is 0.141. The van der Waals surface area contributed by atoms with Crippen molar-refractivity contribution in [2.24, 2.45) is 18.7 Å². The molecule has 0 bridgehead atoms. The molecule has 2 rings (SSSR count). The summed E-state index contributed by atoms with van der Waals surface area (Å²) in [5, 5.41) is 4.48. The molecule has 1 aromatic rings. The zero-order valence-electron chi connectivity index (χ0n) is 9.25.